The second-order valence-electron chi connectivity index (χ2n) is 3.47. The summed E-state index contributed by atoms with van der Waals surface area (Å²) >= 11 is 5.76. The average molecular weight is 243 g/mol. The summed E-state index contributed by atoms with van der Waals surface area (Å²) in [7, 11) is 0. The van der Waals surface area contributed by atoms with E-state index in [0.717, 1.165) is 22.3 Å². The third kappa shape index (κ3) is 1.94. The quantitative estimate of drug-likeness (QED) is 0.616. The molecular weight excluding hydrogens is 236 g/mol. The van der Waals surface area contributed by atoms with Crippen molar-refractivity contribution in [1.29, 1.82) is 0 Å². The van der Waals surface area contributed by atoms with Crippen molar-refractivity contribution in [1.82, 2.24) is 19.9 Å². The molecule has 0 fully saturated rings. The van der Waals surface area contributed by atoms with Crippen LogP contribution in [0.3, 0.4) is 0 Å². The molecule has 0 saturated heterocycles. The second kappa shape index (κ2) is 4.07. The van der Waals surface area contributed by atoms with E-state index in [-0.39, 0.29) is 5.28 Å². The Kier molecular flexibility index (Phi) is 2.42. The number of aromatic nitrogens is 4. The highest BCUT2D eigenvalue weighted by Crippen LogP contribution is 2.21. The van der Waals surface area contributed by atoms with E-state index in [2.05, 4.69) is 19.9 Å². The van der Waals surface area contributed by atoms with Gasteiger partial charge < -0.3 is 0 Å². The Labute approximate surface area is 102 Å². The smallest absolute Gasteiger partial charge is 0.222 e. The van der Waals surface area contributed by atoms with Crippen LogP contribution in [0, 0.1) is 0 Å². The first-order valence-corrected chi connectivity index (χ1v) is 5.40. The lowest BCUT2D eigenvalue weighted by Crippen LogP contribution is -1.88. The van der Waals surface area contributed by atoms with E-state index in [0.29, 0.717) is 0 Å². The third-order valence-corrected chi connectivity index (χ3v) is 2.57. The molecule has 2 heterocycles. The molecule has 0 spiro atoms. The number of hydrogen-bond acceptors (Lipinski definition) is 4. The largest absolute Gasteiger partial charge is 0.253 e. The zero-order chi connectivity index (χ0) is 11.7. The minimum absolute atomic E-state index is 0.238. The van der Waals surface area contributed by atoms with Gasteiger partial charge in [-0.05, 0) is 29.8 Å². The Bertz CT molecular complexity index is 684. The van der Waals surface area contributed by atoms with Gasteiger partial charge in [0.15, 0.2) is 0 Å². The van der Waals surface area contributed by atoms with Gasteiger partial charge in [-0.25, -0.2) is 9.97 Å². The van der Waals surface area contributed by atoms with Crippen molar-refractivity contribution in [2.24, 2.45) is 0 Å². The molecule has 0 aliphatic heterocycles. The molecule has 2 aromatic heterocycles. The maximum atomic E-state index is 5.76. The van der Waals surface area contributed by atoms with Crippen LogP contribution in [-0.4, -0.2) is 19.9 Å². The Balaban J connectivity index is 2.18. The number of benzene rings is 1. The van der Waals surface area contributed by atoms with Crippen LogP contribution in [0.15, 0.2) is 42.9 Å². The van der Waals surface area contributed by atoms with E-state index >= 15 is 0 Å². The van der Waals surface area contributed by atoms with E-state index in [9.17, 15) is 0 Å². The normalized spacial score (nSPS) is 10.6. The molecule has 0 aliphatic carbocycles. The molecule has 3 aromatic rings. The number of fused-ring (bicyclic) bond motifs is 1. The van der Waals surface area contributed by atoms with Gasteiger partial charge in [-0.3, -0.25) is 9.97 Å². The topological polar surface area (TPSA) is 51.6 Å². The monoisotopic (exact) mass is 242 g/mol. The molecule has 0 N–H and O–H groups in total. The molecule has 0 radical (unpaired) electrons. The molecule has 0 aliphatic rings. The first kappa shape index (κ1) is 10.1. The molecule has 5 heteroatoms. The molecule has 17 heavy (non-hydrogen) atoms. The summed E-state index contributed by atoms with van der Waals surface area (Å²) in [5.74, 6) is 0. The van der Waals surface area contributed by atoms with Crippen molar-refractivity contribution in [3.8, 4) is 11.3 Å². The number of halogens is 1. The third-order valence-electron chi connectivity index (χ3n) is 2.39. The van der Waals surface area contributed by atoms with Crippen LogP contribution < -0.4 is 0 Å². The van der Waals surface area contributed by atoms with Crippen molar-refractivity contribution < 1.29 is 0 Å². The van der Waals surface area contributed by atoms with Gasteiger partial charge in [-0.15, -0.1) is 0 Å². The van der Waals surface area contributed by atoms with Crippen LogP contribution in [0.5, 0.6) is 0 Å². The Morgan fingerprint density at radius 1 is 0.824 bits per heavy atom. The minimum Gasteiger partial charge on any atom is -0.253 e. The molecule has 3 rings (SSSR count). The maximum absolute atomic E-state index is 5.76. The lowest BCUT2D eigenvalue weighted by molar-refractivity contribution is 1.17. The molecule has 0 amide bonds. The molecular formula is C12H7ClN4. The van der Waals surface area contributed by atoms with Gasteiger partial charge in [-0.2, -0.15) is 0 Å². The molecule has 82 valence electrons. The van der Waals surface area contributed by atoms with Crippen LogP contribution in [0.1, 0.15) is 0 Å². The second-order valence-corrected chi connectivity index (χ2v) is 3.81. The van der Waals surface area contributed by atoms with Crippen molar-refractivity contribution in [2.45, 2.75) is 0 Å². The van der Waals surface area contributed by atoms with Crippen molar-refractivity contribution in [2.75, 3.05) is 0 Å². The zero-order valence-corrected chi connectivity index (χ0v) is 9.46. The highest BCUT2D eigenvalue weighted by molar-refractivity contribution is 6.28. The zero-order valence-electron chi connectivity index (χ0n) is 8.71. The molecule has 0 unspecified atom stereocenters. The number of nitrogens with zero attached hydrogens (tertiary/aromatic N) is 4. The lowest BCUT2D eigenvalue weighted by Gasteiger charge is -2.02. The fourth-order valence-corrected chi connectivity index (χ4v) is 1.77. The summed E-state index contributed by atoms with van der Waals surface area (Å²) < 4.78 is 0. The predicted octanol–water partition coefficient (Wildman–Crippen LogP) is 2.74. The molecule has 0 saturated carbocycles. The predicted molar refractivity (Wildman–Crippen MR) is 65.6 cm³/mol. The number of rotatable bonds is 1. The minimum atomic E-state index is 0.238. The fraction of sp³-hybridized carbons (Fsp3) is 0. The van der Waals surface area contributed by atoms with Crippen LogP contribution in [0.25, 0.3) is 22.3 Å². The van der Waals surface area contributed by atoms with E-state index in [4.69, 9.17) is 11.6 Å². The van der Waals surface area contributed by atoms with Crippen molar-refractivity contribution in [3.63, 3.8) is 0 Å². The first-order valence-electron chi connectivity index (χ1n) is 5.02. The van der Waals surface area contributed by atoms with Gasteiger partial charge in [-0.1, -0.05) is 6.07 Å². The van der Waals surface area contributed by atoms with Crippen LogP contribution in [0.2, 0.25) is 5.28 Å². The average Bonchev–Trinajstić information content (AvgIpc) is 2.38. The summed E-state index contributed by atoms with van der Waals surface area (Å²) in [5.41, 5.74) is 3.41. The van der Waals surface area contributed by atoms with Gasteiger partial charge in [0, 0.05) is 24.2 Å². The Morgan fingerprint density at radius 3 is 2.47 bits per heavy atom. The van der Waals surface area contributed by atoms with Gasteiger partial charge in [0.2, 0.25) is 5.28 Å². The van der Waals surface area contributed by atoms with E-state index in [1.54, 1.807) is 18.6 Å². The maximum Gasteiger partial charge on any atom is 0.222 e. The Morgan fingerprint density at radius 2 is 1.65 bits per heavy atom. The molecule has 1 aromatic carbocycles. The fourth-order valence-electron chi connectivity index (χ4n) is 1.62. The van der Waals surface area contributed by atoms with E-state index in [1.165, 1.54) is 0 Å². The molecule has 0 bridgehead atoms. The molecule has 4 nitrogen and oxygen atoms in total. The lowest BCUT2D eigenvalue weighted by atomic mass is 10.1. The van der Waals surface area contributed by atoms with Gasteiger partial charge in [0.05, 0.1) is 16.7 Å². The summed E-state index contributed by atoms with van der Waals surface area (Å²) in [6.07, 6.45) is 4.97. The summed E-state index contributed by atoms with van der Waals surface area (Å²) in [6, 6.07) is 7.59. The van der Waals surface area contributed by atoms with E-state index in [1.807, 2.05) is 24.3 Å². The standard InChI is InChI=1S/C12H7ClN4/c13-12-16-4-3-9(17-12)8-1-2-10-11(7-8)15-6-5-14-10/h1-7H. The van der Waals surface area contributed by atoms with Crippen LogP contribution >= 0.6 is 11.6 Å². The highest BCUT2D eigenvalue weighted by Gasteiger charge is 2.03. The van der Waals surface area contributed by atoms with Crippen molar-refractivity contribution in [3.05, 3.63) is 48.1 Å². The SMILES string of the molecule is Clc1nccc(-c2ccc3nccnc3c2)n1. The first-order chi connectivity index (χ1) is 8.33. The van der Waals surface area contributed by atoms with Crippen LogP contribution in [-0.2, 0) is 0 Å². The highest BCUT2D eigenvalue weighted by atomic mass is 35.5. The number of hydrogen-bond donors (Lipinski definition) is 0. The summed E-state index contributed by atoms with van der Waals surface area (Å²) in [4.78, 5) is 16.5. The van der Waals surface area contributed by atoms with Gasteiger partial charge in [0.1, 0.15) is 0 Å². The van der Waals surface area contributed by atoms with Crippen LogP contribution in [0.4, 0.5) is 0 Å². The van der Waals surface area contributed by atoms with E-state index < -0.39 is 0 Å². The van der Waals surface area contributed by atoms with Gasteiger partial charge in [0.25, 0.3) is 0 Å². The Hall–Kier alpha value is -2.07. The van der Waals surface area contributed by atoms with Gasteiger partial charge >= 0.3 is 0 Å². The van der Waals surface area contributed by atoms with Crippen molar-refractivity contribution >= 4 is 22.6 Å². The summed E-state index contributed by atoms with van der Waals surface area (Å²) in [6.45, 7) is 0. The molecule has 0 atom stereocenters. The summed E-state index contributed by atoms with van der Waals surface area (Å²) in [5, 5.41) is 0.238.